The average Bonchev–Trinajstić information content (AvgIpc) is 1.68. The van der Waals surface area contributed by atoms with Crippen molar-refractivity contribution in [2.45, 2.75) is 0 Å². The van der Waals surface area contributed by atoms with Crippen LogP contribution in [0.25, 0.3) is 0 Å². The normalized spacial score (nSPS) is 7.00. The lowest BCUT2D eigenvalue weighted by Crippen LogP contribution is -2.12. The van der Waals surface area contributed by atoms with Gasteiger partial charge in [0.15, 0.2) is 23.0 Å². The Balaban J connectivity index is 3.17. The zero-order valence-electron chi connectivity index (χ0n) is 3.48. The van der Waals surface area contributed by atoms with Crippen molar-refractivity contribution in [2.24, 2.45) is 0 Å². The van der Waals surface area contributed by atoms with Crippen LogP contribution >= 0.6 is 23.0 Å². The van der Waals surface area contributed by atoms with Crippen molar-refractivity contribution in [1.82, 2.24) is 5.32 Å². The molecule has 0 saturated heterocycles. The molecule has 4 heteroatoms. The molecule has 0 heterocycles. The summed E-state index contributed by atoms with van der Waals surface area (Å²) in [5.74, 6) is 0. The number of carbonyl (C=O) groups excluding carboxylic acids is 1. The van der Waals surface area contributed by atoms with Gasteiger partial charge >= 0.3 is 6.09 Å². The highest BCUT2D eigenvalue weighted by Gasteiger charge is 1.89. The smallest absolute Gasteiger partial charge is 0.378 e. The van der Waals surface area contributed by atoms with Gasteiger partial charge in [-0.1, -0.05) is 6.58 Å². The van der Waals surface area contributed by atoms with Crippen LogP contribution in [0, 0.1) is 0 Å². The molecule has 3 nitrogen and oxygen atoms in total. The Morgan fingerprint density at radius 3 is 2.71 bits per heavy atom. The fraction of sp³-hybridized carbons (Fsp3) is 0. The summed E-state index contributed by atoms with van der Waals surface area (Å²) in [6.07, 6.45) is 0.747. The van der Waals surface area contributed by atoms with E-state index >= 15 is 0 Å². The van der Waals surface area contributed by atoms with Gasteiger partial charge in [0.25, 0.3) is 0 Å². The highest BCUT2D eigenvalue weighted by Crippen LogP contribution is 1.83. The zero-order valence-corrected chi connectivity index (χ0v) is 5.64. The molecule has 0 aromatic heterocycles. The quantitative estimate of drug-likeness (QED) is 0.664. The Kier molecular flexibility index (Phi) is 3.77. The van der Waals surface area contributed by atoms with Gasteiger partial charge in [-0.25, -0.2) is 4.79 Å². The number of hydrogen-bond donors (Lipinski definition) is 1. The van der Waals surface area contributed by atoms with Crippen LogP contribution in [0.2, 0.25) is 0 Å². The molecule has 1 amide bonds. The number of hydrogen-bond acceptors (Lipinski definition) is 2. The van der Waals surface area contributed by atoms with E-state index in [2.05, 4.69) is 15.0 Å². The van der Waals surface area contributed by atoms with Gasteiger partial charge in [0, 0.05) is 0 Å². The lowest BCUT2D eigenvalue weighted by molar-refractivity contribution is 0.219. The first kappa shape index (κ1) is 6.74. The topological polar surface area (TPSA) is 38.3 Å². The van der Waals surface area contributed by atoms with Gasteiger partial charge in [-0.2, -0.15) is 0 Å². The number of carbonyl (C=O) groups is 1. The summed E-state index contributed by atoms with van der Waals surface area (Å²) in [6, 6.07) is 0. The summed E-state index contributed by atoms with van der Waals surface area (Å²) in [6.45, 7) is 3.23. The van der Waals surface area contributed by atoms with Gasteiger partial charge in [0.05, 0.1) is 0 Å². The molecule has 0 atom stereocenters. The van der Waals surface area contributed by atoms with Gasteiger partial charge in [0.1, 0.15) is 0 Å². The van der Waals surface area contributed by atoms with E-state index in [4.69, 9.17) is 0 Å². The van der Waals surface area contributed by atoms with E-state index in [1.165, 1.54) is 29.2 Å². The standard InChI is InChI=1S/C3H4INO2/c1-2-5-3(6)7-4/h2H,1H2,(H,5,6). The number of rotatable bonds is 1. The van der Waals surface area contributed by atoms with Gasteiger partial charge < -0.3 is 3.07 Å². The van der Waals surface area contributed by atoms with E-state index in [9.17, 15) is 4.79 Å². The molecule has 0 unspecified atom stereocenters. The maximum Gasteiger partial charge on any atom is 0.420 e. The highest BCUT2D eigenvalue weighted by molar-refractivity contribution is 14.1. The fourth-order valence-corrected chi connectivity index (χ4v) is 0.233. The van der Waals surface area contributed by atoms with E-state index < -0.39 is 6.09 Å². The van der Waals surface area contributed by atoms with Crippen LogP contribution in [0.5, 0.6) is 0 Å². The molecular formula is C3H4INO2. The van der Waals surface area contributed by atoms with Crippen molar-refractivity contribution in [3.63, 3.8) is 0 Å². The van der Waals surface area contributed by atoms with Crippen LogP contribution in [0.4, 0.5) is 4.79 Å². The van der Waals surface area contributed by atoms with Gasteiger partial charge in [-0.15, -0.1) is 0 Å². The summed E-state index contributed by atoms with van der Waals surface area (Å²) in [7, 11) is 0. The maximum absolute atomic E-state index is 10.00. The van der Waals surface area contributed by atoms with E-state index in [1.54, 1.807) is 0 Å². The molecule has 0 aliphatic rings. The minimum atomic E-state index is -0.504. The fourth-order valence-electron chi connectivity index (χ4n) is 0.106. The number of nitrogens with one attached hydrogen (secondary N) is 1. The van der Waals surface area contributed by atoms with Crippen molar-refractivity contribution in [3.05, 3.63) is 12.8 Å². The third-order valence-corrected chi connectivity index (χ3v) is 0.690. The monoisotopic (exact) mass is 213 g/mol. The van der Waals surface area contributed by atoms with Gasteiger partial charge in [-0.05, 0) is 6.20 Å². The van der Waals surface area contributed by atoms with Crippen LogP contribution in [0.1, 0.15) is 0 Å². The maximum atomic E-state index is 10.00. The molecule has 0 radical (unpaired) electrons. The molecule has 0 spiro atoms. The zero-order chi connectivity index (χ0) is 5.70. The molecule has 0 fully saturated rings. The second-order valence-corrected chi connectivity index (χ2v) is 1.15. The third-order valence-electron chi connectivity index (χ3n) is 0.290. The Morgan fingerprint density at radius 1 is 2.00 bits per heavy atom. The lowest BCUT2D eigenvalue weighted by Gasteiger charge is -1.89. The minimum absolute atomic E-state index is 0.504. The number of halogens is 1. The largest absolute Gasteiger partial charge is 0.420 e. The summed E-state index contributed by atoms with van der Waals surface area (Å²) in [4.78, 5) is 10.00. The molecule has 0 aliphatic carbocycles. The van der Waals surface area contributed by atoms with Crippen molar-refractivity contribution < 1.29 is 7.86 Å². The van der Waals surface area contributed by atoms with E-state index in [0.717, 1.165) is 0 Å². The van der Waals surface area contributed by atoms with Crippen molar-refractivity contribution in [2.75, 3.05) is 0 Å². The van der Waals surface area contributed by atoms with Crippen LogP contribution in [0.15, 0.2) is 12.8 Å². The van der Waals surface area contributed by atoms with E-state index in [0.29, 0.717) is 0 Å². The molecule has 0 aromatic carbocycles. The summed E-state index contributed by atoms with van der Waals surface area (Å²) in [5, 5.41) is 2.19. The van der Waals surface area contributed by atoms with Crippen molar-refractivity contribution >= 4 is 29.1 Å². The predicted molar refractivity (Wildman–Crippen MR) is 33.8 cm³/mol. The molecule has 0 rings (SSSR count). The first-order valence-corrected chi connectivity index (χ1v) is 2.39. The minimum Gasteiger partial charge on any atom is -0.378 e. The highest BCUT2D eigenvalue weighted by atomic mass is 127. The molecular weight excluding hydrogens is 209 g/mol. The first-order chi connectivity index (χ1) is 3.31. The molecule has 0 bridgehead atoms. The molecule has 0 saturated carbocycles. The average molecular weight is 213 g/mol. The van der Waals surface area contributed by atoms with Crippen molar-refractivity contribution in [1.29, 1.82) is 0 Å². The van der Waals surface area contributed by atoms with Gasteiger partial charge in [-0.3, -0.25) is 5.32 Å². The number of amides is 1. The van der Waals surface area contributed by atoms with Crippen LogP contribution in [0.3, 0.4) is 0 Å². The van der Waals surface area contributed by atoms with Gasteiger partial charge in [0.2, 0.25) is 0 Å². The Hall–Kier alpha value is -0.260. The van der Waals surface area contributed by atoms with Crippen LogP contribution in [-0.4, -0.2) is 6.09 Å². The molecule has 1 N–H and O–H groups in total. The second kappa shape index (κ2) is 3.91. The predicted octanol–water partition coefficient (Wildman–Crippen LogP) is 1.21. The SMILES string of the molecule is C=CNC(=O)OI. The Labute approximate surface area is 55.4 Å². The van der Waals surface area contributed by atoms with E-state index in [1.807, 2.05) is 0 Å². The van der Waals surface area contributed by atoms with Crippen molar-refractivity contribution in [3.8, 4) is 0 Å². The Bertz CT molecular complexity index is 83.0. The van der Waals surface area contributed by atoms with Crippen LogP contribution < -0.4 is 5.32 Å². The first-order valence-electron chi connectivity index (χ1n) is 1.51. The molecule has 7 heavy (non-hydrogen) atoms. The summed E-state index contributed by atoms with van der Waals surface area (Å²) < 4.78 is 4.14. The molecule has 0 aromatic rings. The molecule has 0 aliphatic heterocycles. The Morgan fingerprint density at radius 2 is 2.57 bits per heavy atom. The summed E-state index contributed by atoms with van der Waals surface area (Å²) >= 11 is 1.48. The third kappa shape index (κ3) is 3.57. The molecule has 40 valence electrons. The lowest BCUT2D eigenvalue weighted by atomic mass is 11.0. The summed E-state index contributed by atoms with van der Waals surface area (Å²) in [5.41, 5.74) is 0. The second-order valence-electron chi connectivity index (χ2n) is 0.713. The van der Waals surface area contributed by atoms with Crippen LogP contribution in [-0.2, 0) is 3.07 Å². The van der Waals surface area contributed by atoms with E-state index in [-0.39, 0.29) is 0 Å².